The van der Waals surface area contributed by atoms with Crippen LogP contribution in [0, 0.1) is 6.92 Å². The molecule has 0 fully saturated rings. The second kappa shape index (κ2) is 10.2. The minimum atomic E-state index is -0.182. The van der Waals surface area contributed by atoms with Crippen LogP contribution in [0.2, 0.25) is 5.02 Å². The second-order valence-electron chi connectivity index (χ2n) is 7.88. The molecule has 4 rings (SSSR count). The van der Waals surface area contributed by atoms with E-state index in [4.69, 9.17) is 26.1 Å². The van der Waals surface area contributed by atoms with Crippen LogP contribution in [-0.2, 0) is 29.1 Å². The van der Waals surface area contributed by atoms with Gasteiger partial charge in [-0.25, -0.2) is 4.98 Å². The SMILES string of the molecule is CCOC(=O)CN1CCc2nc(OCc3cccc(-c4ccccc4Cl)c3C)ccc2C1. The van der Waals surface area contributed by atoms with Crippen LogP contribution in [0.15, 0.2) is 54.6 Å². The van der Waals surface area contributed by atoms with Crippen molar-refractivity contribution in [1.29, 1.82) is 0 Å². The average molecular weight is 451 g/mol. The summed E-state index contributed by atoms with van der Waals surface area (Å²) in [6, 6.07) is 18.0. The standard InChI is InChI=1S/C26H27ClN2O3/c1-3-31-26(30)16-29-14-13-24-19(15-29)11-12-25(28-24)32-17-20-7-6-9-21(18(20)2)22-8-4-5-10-23(22)27/h4-12H,3,13-17H2,1-2H3. The van der Waals surface area contributed by atoms with Gasteiger partial charge in [-0.1, -0.05) is 54.1 Å². The molecule has 2 heterocycles. The number of benzene rings is 2. The number of ether oxygens (including phenoxy) is 2. The van der Waals surface area contributed by atoms with Crippen molar-refractivity contribution in [2.45, 2.75) is 33.4 Å². The molecule has 0 amide bonds. The first kappa shape index (κ1) is 22.3. The summed E-state index contributed by atoms with van der Waals surface area (Å²) in [5, 5.41) is 0.738. The molecule has 1 aliphatic rings. The van der Waals surface area contributed by atoms with E-state index in [1.807, 2.05) is 49.4 Å². The van der Waals surface area contributed by atoms with Crippen LogP contribution >= 0.6 is 11.6 Å². The van der Waals surface area contributed by atoms with Crippen LogP contribution in [0.25, 0.3) is 11.1 Å². The smallest absolute Gasteiger partial charge is 0.320 e. The molecule has 0 unspecified atom stereocenters. The number of carbonyl (C=O) groups is 1. The van der Waals surface area contributed by atoms with Crippen LogP contribution in [-0.4, -0.2) is 35.5 Å². The van der Waals surface area contributed by atoms with Crippen molar-refractivity contribution >= 4 is 17.6 Å². The lowest BCUT2D eigenvalue weighted by atomic mass is 9.97. The van der Waals surface area contributed by atoms with E-state index in [1.54, 1.807) is 0 Å². The van der Waals surface area contributed by atoms with Gasteiger partial charge in [0.15, 0.2) is 0 Å². The van der Waals surface area contributed by atoms with Crippen LogP contribution in [0.5, 0.6) is 5.88 Å². The Balaban J connectivity index is 1.43. The highest BCUT2D eigenvalue weighted by molar-refractivity contribution is 6.33. The Morgan fingerprint density at radius 1 is 1.09 bits per heavy atom. The van der Waals surface area contributed by atoms with Gasteiger partial charge in [0, 0.05) is 36.2 Å². The van der Waals surface area contributed by atoms with E-state index in [1.165, 1.54) is 0 Å². The van der Waals surface area contributed by atoms with Crippen molar-refractivity contribution in [1.82, 2.24) is 9.88 Å². The normalized spacial score (nSPS) is 13.5. The van der Waals surface area contributed by atoms with Gasteiger partial charge in [0.1, 0.15) is 6.61 Å². The van der Waals surface area contributed by atoms with Crippen molar-refractivity contribution < 1.29 is 14.3 Å². The Morgan fingerprint density at radius 2 is 1.91 bits per heavy atom. The van der Waals surface area contributed by atoms with Gasteiger partial charge in [-0.05, 0) is 42.2 Å². The first-order valence-corrected chi connectivity index (χ1v) is 11.3. The summed E-state index contributed by atoms with van der Waals surface area (Å²) in [6.45, 7) is 6.55. The van der Waals surface area contributed by atoms with Gasteiger partial charge in [0.2, 0.25) is 5.88 Å². The Labute approximate surface area is 193 Å². The maximum Gasteiger partial charge on any atom is 0.320 e. The summed E-state index contributed by atoms with van der Waals surface area (Å²) in [5.41, 5.74) is 6.54. The molecule has 0 saturated heterocycles. The number of hydrogen-bond acceptors (Lipinski definition) is 5. The highest BCUT2D eigenvalue weighted by Gasteiger charge is 2.20. The first-order valence-electron chi connectivity index (χ1n) is 10.9. The zero-order chi connectivity index (χ0) is 22.5. The van der Waals surface area contributed by atoms with Crippen molar-refractivity contribution in [3.63, 3.8) is 0 Å². The summed E-state index contributed by atoms with van der Waals surface area (Å²) in [6.07, 6.45) is 0.785. The van der Waals surface area contributed by atoms with Crippen LogP contribution < -0.4 is 4.74 Å². The number of esters is 1. The number of carbonyl (C=O) groups excluding carboxylic acids is 1. The van der Waals surface area contributed by atoms with Gasteiger partial charge in [-0.15, -0.1) is 0 Å². The van der Waals surface area contributed by atoms with Crippen LogP contribution in [0.1, 0.15) is 29.3 Å². The quantitative estimate of drug-likeness (QED) is 0.462. The number of halogens is 1. The lowest BCUT2D eigenvalue weighted by Gasteiger charge is -2.27. The van der Waals surface area contributed by atoms with Gasteiger partial charge in [-0.3, -0.25) is 9.69 Å². The fourth-order valence-corrected chi connectivity index (χ4v) is 4.26. The minimum absolute atomic E-state index is 0.182. The zero-order valence-electron chi connectivity index (χ0n) is 18.4. The van der Waals surface area contributed by atoms with Crippen molar-refractivity contribution in [3.05, 3.63) is 82.0 Å². The van der Waals surface area contributed by atoms with E-state index in [0.29, 0.717) is 32.2 Å². The predicted molar refractivity (Wildman–Crippen MR) is 126 cm³/mol. The molecule has 6 heteroatoms. The van der Waals surface area contributed by atoms with Crippen LogP contribution in [0.4, 0.5) is 0 Å². The number of fused-ring (bicyclic) bond motifs is 1. The summed E-state index contributed by atoms with van der Waals surface area (Å²) < 4.78 is 11.1. The molecular weight excluding hydrogens is 424 g/mol. The average Bonchev–Trinajstić information content (AvgIpc) is 2.79. The summed E-state index contributed by atoms with van der Waals surface area (Å²) in [4.78, 5) is 18.6. The Morgan fingerprint density at radius 3 is 2.72 bits per heavy atom. The van der Waals surface area contributed by atoms with Gasteiger partial charge < -0.3 is 9.47 Å². The fraction of sp³-hybridized carbons (Fsp3) is 0.308. The molecule has 0 atom stereocenters. The molecule has 32 heavy (non-hydrogen) atoms. The molecule has 0 bridgehead atoms. The van der Waals surface area contributed by atoms with Crippen molar-refractivity contribution in [2.24, 2.45) is 0 Å². The molecular formula is C26H27ClN2O3. The Kier molecular flexibility index (Phi) is 7.08. The summed E-state index contributed by atoms with van der Waals surface area (Å²) in [7, 11) is 0. The molecule has 3 aromatic rings. The minimum Gasteiger partial charge on any atom is -0.473 e. The molecule has 0 radical (unpaired) electrons. The molecule has 5 nitrogen and oxygen atoms in total. The number of aromatic nitrogens is 1. The Bertz CT molecular complexity index is 1120. The Hall–Kier alpha value is -2.89. The molecule has 166 valence electrons. The molecule has 1 aliphatic heterocycles. The van der Waals surface area contributed by atoms with E-state index < -0.39 is 0 Å². The van der Waals surface area contributed by atoms with Crippen LogP contribution in [0.3, 0.4) is 0 Å². The number of rotatable bonds is 7. The predicted octanol–water partition coefficient (Wildman–Crippen LogP) is 5.21. The lowest BCUT2D eigenvalue weighted by molar-refractivity contribution is -0.144. The van der Waals surface area contributed by atoms with Gasteiger partial charge in [0.05, 0.1) is 18.8 Å². The largest absolute Gasteiger partial charge is 0.473 e. The molecule has 0 aliphatic carbocycles. The monoisotopic (exact) mass is 450 g/mol. The maximum atomic E-state index is 11.8. The number of pyridine rings is 1. The molecule has 2 aromatic carbocycles. The zero-order valence-corrected chi connectivity index (χ0v) is 19.2. The highest BCUT2D eigenvalue weighted by Crippen LogP contribution is 2.32. The molecule has 0 spiro atoms. The topological polar surface area (TPSA) is 51.7 Å². The lowest BCUT2D eigenvalue weighted by Crippen LogP contribution is -2.36. The third kappa shape index (κ3) is 5.12. The van der Waals surface area contributed by atoms with E-state index in [-0.39, 0.29) is 5.97 Å². The summed E-state index contributed by atoms with van der Waals surface area (Å²) >= 11 is 6.41. The number of hydrogen-bond donors (Lipinski definition) is 0. The fourth-order valence-electron chi connectivity index (χ4n) is 4.02. The number of nitrogens with zero attached hydrogens (tertiary/aromatic N) is 2. The van der Waals surface area contributed by atoms with Crippen molar-refractivity contribution in [3.8, 4) is 17.0 Å². The first-order chi connectivity index (χ1) is 15.5. The van der Waals surface area contributed by atoms with E-state index >= 15 is 0 Å². The van der Waals surface area contributed by atoms with E-state index in [0.717, 1.165) is 51.5 Å². The van der Waals surface area contributed by atoms with Gasteiger partial charge in [-0.2, -0.15) is 0 Å². The highest BCUT2D eigenvalue weighted by atomic mass is 35.5. The maximum absolute atomic E-state index is 11.8. The van der Waals surface area contributed by atoms with E-state index in [2.05, 4.69) is 24.0 Å². The summed E-state index contributed by atoms with van der Waals surface area (Å²) in [5.74, 6) is 0.434. The third-order valence-corrected chi connectivity index (χ3v) is 6.07. The van der Waals surface area contributed by atoms with Crippen molar-refractivity contribution in [2.75, 3.05) is 19.7 Å². The molecule has 1 aromatic heterocycles. The third-order valence-electron chi connectivity index (χ3n) is 5.75. The van der Waals surface area contributed by atoms with E-state index in [9.17, 15) is 4.79 Å². The molecule has 0 N–H and O–H groups in total. The van der Waals surface area contributed by atoms with Gasteiger partial charge >= 0.3 is 5.97 Å². The second-order valence-corrected chi connectivity index (χ2v) is 8.29. The van der Waals surface area contributed by atoms with Gasteiger partial charge in [0.25, 0.3) is 0 Å². The molecule has 0 saturated carbocycles.